The number of rotatable bonds is 3. The molecule has 0 spiro atoms. The summed E-state index contributed by atoms with van der Waals surface area (Å²) in [5.74, 6) is 5.06. The van der Waals surface area contributed by atoms with Gasteiger partial charge >= 0.3 is 0 Å². The molecule has 0 aliphatic carbocycles. The predicted octanol–water partition coefficient (Wildman–Crippen LogP) is 3.98. The van der Waals surface area contributed by atoms with Gasteiger partial charge in [-0.25, -0.2) is 8.42 Å². The molecule has 1 unspecified atom stereocenters. The Morgan fingerprint density at radius 2 is 1.83 bits per heavy atom. The maximum absolute atomic E-state index is 13.3. The summed E-state index contributed by atoms with van der Waals surface area (Å²) in [5.41, 5.74) is 0.667. The highest BCUT2D eigenvalue weighted by atomic mass is 35.5. The number of nitrogens with zero attached hydrogens (tertiary/aromatic N) is 2. The van der Waals surface area contributed by atoms with Crippen LogP contribution in [0, 0.1) is 11.8 Å². The van der Waals surface area contributed by atoms with Gasteiger partial charge in [-0.05, 0) is 35.7 Å². The van der Waals surface area contributed by atoms with E-state index >= 15 is 0 Å². The lowest BCUT2D eigenvalue weighted by Gasteiger charge is -2.40. The van der Waals surface area contributed by atoms with Crippen LogP contribution >= 0.6 is 23.2 Å². The summed E-state index contributed by atoms with van der Waals surface area (Å²) in [7, 11) is -3.77. The number of hydrogen-bond acceptors (Lipinski definition) is 3. The molecule has 1 heterocycles. The summed E-state index contributed by atoms with van der Waals surface area (Å²) in [6.45, 7) is 2.47. The lowest BCUT2D eigenvalue weighted by atomic mass is 10.0. The maximum atomic E-state index is 13.3. The maximum Gasteiger partial charge on any atom is 0.298 e. The standard InChI is InChI=1S/C21H20Cl2N2O3S/c1-2-3-9-21(26)24-12-13-25(29(27,28)17-7-5-4-6-8-17)20(15-24)16-10-11-18(22)19(23)14-16/h4-8,10-11,14,20H,2,12-13,15H2,1H3. The van der Waals surface area contributed by atoms with Crippen molar-refractivity contribution in [3.05, 3.63) is 64.1 Å². The Balaban J connectivity index is 2.01. The third kappa shape index (κ3) is 4.76. The monoisotopic (exact) mass is 450 g/mol. The summed E-state index contributed by atoms with van der Waals surface area (Å²) >= 11 is 12.2. The first-order valence-corrected chi connectivity index (χ1v) is 11.3. The molecule has 1 amide bonds. The molecule has 29 heavy (non-hydrogen) atoms. The summed E-state index contributed by atoms with van der Waals surface area (Å²) in [5, 5.41) is 0.709. The molecule has 5 nitrogen and oxygen atoms in total. The number of sulfonamides is 1. The number of piperazine rings is 1. The predicted molar refractivity (Wildman–Crippen MR) is 114 cm³/mol. The van der Waals surface area contributed by atoms with E-state index in [-0.39, 0.29) is 30.4 Å². The van der Waals surface area contributed by atoms with Crippen LogP contribution in [0.1, 0.15) is 24.9 Å². The molecule has 1 atom stereocenters. The Morgan fingerprint density at radius 3 is 2.48 bits per heavy atom. The van der Waals surface area contributed by atoms with Crippen LogP contribution in [-0.4, -0.2) is 43.2 Å². The number of halogens is 2. The summed E-state index contributed by atoms with van der Waals surface area (Å²) in [4.78, 5) is 14.2. The van der Waals surface area contributed by atoms with Crippen molar-refractivity contribution in [2.75, 3.05) is 19.6 Å². The highest BCUT2D eigenvalue weighted by Gasteiger charge is 2.38. The van der Waals surface area contributed by atoms with E-state index in [0.717, 1.165) is 0 Å². The average Bonchev–Trinajstić information content (AvgIpc) is 2.74. The summed E-state index contributed by atoms with van der Waals surface area (Å²) in [6.07, 6.45) is 0.574. The minimum atomic E-state index is -3.77. The van der Waals surface area contributed by atoms with Gasteiger partial charge in [0, 0.05) is 26.1 Å². The first-order valence-electron chi connectivity index (χ1n) is 9.14. The van der Waals surface area contributed by atoms with Gasteiger partial charge < -0.3 is 4.90 Å². The van der Waals surface area contributed by atoms with Gasteiger partial charge in [-0.15, -0.1) is 0 Å². The molecule has 1 fully saturated rings. The lowest BCUT2D eigenvalue weighted by Crippen LogP contribution is -2.52. The van der Waals surface area contributed by atoms with Gasteiger partial charge in [-0.2, -0.15) is 4.31 Å². The molecular weight excluding hydrogens is 431 g/mol. The van der Waals surface area contributed by atoms with Gasteiger partial charge in [-0.1, -0.05) is 60.3 Å². The van der Waals surface area contributed by atoms with E-state index < -0.39 is 16.1 Å². The van der Waals surface area contributed by atoms with Crippen molar-refractivity contribution < 1.29 is 13.2 Å². The first-order chi connectivity index (χ1) is 13.8. The van der Waals surface area contributed by atoms with Crippen LogP contribution < -0.4 is 0 Å². The molecule has 1 aliphatic rings. The summed E-state index contributed by atoms with van der Waals surface area (Å²) < 4.78 is 28.0. The van der Waals surface area contributed by atoms with Crippen LogP contribution in [-0.2, 0) is 14.8 Å². The van der Waals surface area contributed by atoms with Gasteiger partial charge in [0.25, 0.3) is 5.91 Å². The van der Waals surface area contributed by atoms with E-state index in [4.69, 9.17) is 23.2 Å². The molecule has 0 radical (unpaired) electrons. The molecule has 0 bridgehead atoms. The Labute approximate surface area is 181 Å². The second-order valence-corrected chi connectivity index (χ2v) is 9.23. The fourth-order valence-corrected chi connectivity index (χ4v) is 5.12. The quantitative estimate of drug-likeness (QED) is 0.664. The van der Waals surface area contributed by atoms with Crippen molar-refractivity contribution in [3.63, 3.8) is 0 Å². The molecule has 8 heteroatoms. The van der Waals surface area contributed by atoms with Crippen molar-refractivity contribution in [2.24, 2.45) is 0 Å². The van der Waals surface area contributed by atoms with E-state index in [9.17, 15) is 13.2 Å². The largest absolute Gasteiger partial charge is 0.329 e. The lowest BCUT2D eigenvalue weighted by molar-refractivity contribution is -0.127. The van der Waals surface area contributed by atoms with Crippen LogP contribution in [0.4, 0.5) is 0 Å². The highest BCUT2D eigenvalue weighted by molar-refractivity contribution is 7.89. The Morgan fingerprint density at radius 1 is 1.10 bits per heavy atom. The number of carbonyl (C=O) groups excluding carboxylic acids is 1. The molecular formula is C21H20Cl2N2O3S. The fraction of sp³-hybridized carbons (Fsp3) is 0.286. The minimum Gasteiger partial charge on any atom is -0.329 e. The molecule has 3 rings (SSSR count). The Bertz CT molecular complexity index is 1060. The summed E-state index contributed by atoms with van der Waals surface area (Å²) in [6, 6.07) is 12.7. The van der Waals surface area contributed by atoms with Gasteiger partial charge in [0.05, 0.1) is 21.0 Å². The van der Waals surface area contributed by atoms with Gasteiger partial charge in [-0.3, -0.25) is 4.79 Å². The van der Waals surface area contributed by atoms with Gasteiger partial charge in [0.2, 0.25) is 10.0 Å². The van der Waals surface area contributed by atoms with Crippen molar-refractivity contribution in [1.29, 1.82) is 0 Å². The number of benzene rings is 2. The van der Waals surface area contributed by atoms with E-state index in [1.165, 1.54) is 4.31 Å². The SMILES string of the molecule is CCC#CC(=O)N1CCN(S(=O)(=O)c2ccccc2)C(c2ccc(Cl)c(Cl)c2)C1. The molecule has 0 aromatic heterocycles. The third-order valence-electron chi connectivity index (χ3n) is 4.67. The van der Waals surface area contributed by atoms with Crippen molar-refractivity contribution >= 4 is 39.1 Å². The normalized spacial score (nSPS) is 17.5. The number of amides is 1. The Hall–Kier alpha value is -2.04. The average molecular weight is 451 g/mol. The molecule has 1 aliphatic heterocycles. The molecule has 1 saturated heterocycles. The fourth-order valence-electron chi connectivity index (χ4n) is 3.20. The zero-order chi connectivity index (χ0) is 21.0. The van der Waals surface area contributed by atoms with E-state index in [2.05, 4.69) is 11.8 Å². The van der Waals surface area contributed by atoms with Crippen molar-refractivity contribution in [2.45, 2.75) is 24.3 Å². The number of hydrogen-bond donors (Lipinski definition) is 0. The van der Waals surface area contributed by atoms with E-state index in [0.29, 0.717) is 22.0 Å². The van der Waals surface area contributed by atoms with Crippen molar-refractivity contribution in [1.82, 2.24) is 9.21 Å². The third-order valence-corrected chi connectivity index (χ3v) is 7.33. The molecule has 2 aromatic rings. The zero-order valence-electron chi connectivity index (χ0n) is 15.8. The van der Waals surface area contributed by atoms with Gasteiger partial charge in [0.15, 0.2) is 0 Å². The minimum absolute atomic E-state index is 0.154. The van der Waals surface area contributed by atoms with E-state index in [1.807, 2.05) is 6.92 Å². The molecule has 0 N–H and O–H groups in total. The van der Waals surface area contributed by atoms with Crippen LogP contribution in [0.3, 0.4) is 0 Å². The number of carbonyl (C=O) groups is 1. The van der Waals surface area contributed by atoms with Crippen LogP contribution in [0.25, 0.3) is 0 Å². The van der Waals surface area contributed by atoms with Gasteiger partial charge in [0.1, 0.15) is 0 Å². The second-order valence-electron chi connectivity index (χ2n) is 6.52. The van der Waals surface area contributed by atoms with Crippen LogP contribution in [0.15, 0.2) is 53.4 Å². The van der Waals surface area contributed by atoms with Crippen LogP contribution in [0.5, 0.6) is 0 Å². The smallest absolute Gasteiger partial charge is 0.298 e. The Kier molecular flexibility index (Phi) is 6.86. The first kappa shape index (κ1) is 21.7. The molecule has 0 saturated carbocycles. The van der Waals surface area contributed by atoms with Crippen LogP contribution in [0.2, 0.25) is 10.0 Å². The zero-order valence-corrected chi connectivity index (χ0v) is 18.1. The molecule has 2 aromatic carbocycles. The molecule has 152 valence electrons. The van der Waals surface area contributed by atoms with Crippen molar-refractivity contribution in [3.8, 4) is 11.8 Å². The van der Waals surface area contributed by atoms with E-state index in [1.54, 1.807) is 53.4 Å². The topological polar surface area (TPSA) is 57.7 Å². The highest BCUT2D eigenvalue weighted by Crippen LogP contribution is 2.34. The second kappa shape index (κ2) is 9.19.